The molecule has 0 N–H and O–H groups in total. The molecule has 0 unspecified atom stereocenters. The maximum Gasteiger partial charge on any atom is 0.309 e. The number of rotatable bonds is 1. The Morgan fingerprint density at radius 3 is 2.79 bits per heavy atom. The molecule has 1 radical (unpaired) electrons. The van der Waals surface area contributed by atoms with Crippen LogP contribution in [0.4, 0.5) is 0 Å². The lowest BCUT2D eigenvalue weighted by Crippen LogP contribution is -2.30. The standard InChI is InChI=1S/C10H16BO2.CH4/c1-6-9-7(10(12)13-6)4-3-5-8(9)11-2;/h6-9H,3-5H2,1-2H3;1H4/t6-,7-,8+,9-;/m1./s1. The van der Waals surface area contributed by atoms with E-state index in [1.165, 1.54) is 12.8 Å². The Hall–Kier alpha value is -0.465. The van der Waals surface area contributed by atoms with Crippen molar-refractivity contribution in [1.82, 2.24) is 0 Å². The molecule has 2 rings (SSSR count). The van der Waals surface area contributed by atoms with Crippen molar-refractivity contribution in [3.63, 3.8) is 0 Å². The van der Waals surface area contributed by atoms with Gasteiger partial charge in [-0.05, 0) is 13.3 Å². The van der Waals surface area contributed by atoms with Gasteiger partial charge >= 0.3 is 5.97 Å². The summed E-state index contributed by atoms with van der Waals surface area (Å²) in [6.45, 7) is 4.13. The summed E-state index contributed by atoms with van der Waals surface area (Å²) in [6.07, 6.45) is 3.59. The summed E-state index contributed by atoms with van der Waals surface area (Å²) < 4.78 is 5.28. The fourth-order valence-electron chi connectivity index (χ4n) is 2.95. The summed E-state index contributed by atoms with van der Waals surface area (Å²) >= 11 is 0. The van der Waals surface area contributed by atoms with Crippen LogP contribution in [0.2, 0.25) is 12.6 Å². The Bertz CT molecular complexity index is 217. The van der Waals surface area contributed by atoms with Crippen LogP contribution in [0.15, 0.2) is 0 Å². The minimum Gasteiger partial charge on any atom is -0.462 e. The van der Waals surface area contributed by atoms with Crippen LogP contribution in [0.25, 0.3) is 0 Å². The quantitative estimate of drug-likeness (QED) is 0.474. The molecule has 0 aromatic carbocycles. The van der Waals surface area contributed by atoms with Gasteiger partial charge in [0.25, 0.3) is 0 Å². The van der Waals surface area contributed by atoms with E-state index < -0.39 is 0 Å². The lowest BCUT2D eigenvalue weighted by molar-refractivity contribution is -0.143. The van der Waals surface area contributed by atoms with Crippen molar-refractivity contribution >= 4 is 13.2 Å². The molecule has 2 nitrogen and oxygen atoms in total. The largest absolute Gasteiger partial charge is 0.462 e. The number of hydrogen-bond acceptors (Lipinski definition) is 2. The van der Waals surface area contributed by atoms with Crippen LogP contribution in [-0.2, 0) is 9.53 Å². The molecule has 2 fully saturated rings. The smallest absolute Gasteiger partial charge is 0.309 e. The first-order valence-corrected chi connectivity index (χ1v) is 5.24. The zero-order valence-electron chi connectivity index (χ0n) is 8.32. The molecule has 14 heavy (non-hydrogen) atoms. The second-order valence-electron chi connectivity index (χ2n) is 4.25. The first-order chi connectivity index (χ1) is 6.24. The summed E-state index contributed by atoms with van der Waals surface area (Å²) in [5, 5.41) is 0. The average molecular weight is 195 g/mol. The van der Waals surface area contributed by atoms with Gasteiger partial charge in [-0.3, -0.25) is 4.79 Å². The molecule has 0 bridgehead atoms. The molecule has 4 atom stereocenters. The fourth-order valence-corrected chi connectivity index (χ4v) is 2.95. The number of carbonyl (C=O) groups is 1. The second-order valence-corrected chi connectivity index (χ2v) is 4.25. The van der Waals surface area contributed by atoms with E-state index in [1.807, 2.05) is 6.92 Å². The fraction of sp³-hybridized carbons (Fsp3) is 0.909. The van der Waals surface area contributed by atoms with Gasteiger partial charge in [0.2, 0.25) is 0 Å². The van der Waals surface area contributed by atoms with E-state index in [0.29, 0.717) is 11.7 Å². The van der Waals surface area contributed by atoms with E-state index in [2.05, 4.69) is 14.1 Å². The molecule has 1 saturated carbocycles. The molecule has 2 aliphatic rings. The Morgan fingerprint density at radius 2 is 2.14 bits per heavy atom. The van der Waals surface area contributed by atoms with Gasteiger partial charge in [-0.25, -0.2) is 0 Å². The van der Waals surface area contributed by atoms with E-state index in [4.69, 9.17) is 4.74 Å². The van der Waals surface area contributed by atoms with Crippen LogP contribution < -0.4 is 0 Å². The summed E-state index contributed by atoms with van der Waals surface area (Å²) in [7, 11) is 2.25. The van der Waals surface area contributed by atoms with E-state index in [0.717, 1.165) is 6.42 Å². The van der Waals surface area contributed by atoms with Crippen LogP contribution in [-0.4, -0.2) is 19.4 Å². The van der Waals surface area contributed by atoms with Crippen molar-refractivity contribution in [3.05, 3.63) is 0 Å². The third-order valence-corrected chi connectivity index (χ3v) is 3.59. The van der Waals surface area contributed by atoms with Crippen molar-refractivity contribution in [3.8, 4) is 0 Å². The summed E-state index contributed by atoms with van der Waals surface area (Å²) in [6, 6.07) is 0. The molecular formula is C11H20BO2. The van der Waals surface area contributed by atoms with Gasteiger partial charge in [-0.1, -0.05) is 32.9 Å². The van der Waals surface area contributed by atoms with Gasteiger partial charge in [0.1, 0.15) is 13.4 Å². The van der Waals surface area contributed by atoms with Gasteiger partial charge in [0.05, 0.1) is 5.92 Å². The number of fused-ring (bicyclic) bond motifs is 1. The summed E-state index contributed by atoms with van der Waals surface area (Å²) in [5.41, 5.74) is 0. The SMILES string of the molecule is C.C[B][C@H]1CCC[C@H]2C(=O)O[C@H](C)[C@@H]12. The molecule has 0 amide bonds. The zero-order valence-corrected chi connectivity index (χ0v) is 8.32. The molecule has 1 heterocycles. The number of hydrogen-bond donors (Lipinski definition) is 0. The normalized spacial score (nSPS) is 40.9. The lowest BCUT2D eigenvalue weighted by Gasteiger charge is -2.31. The average Bonchev–Trinajstić information content (AvgIpc) is 2.43. The summed E-state index contributed by atoms with van der Waals surface area (Å²) in [5.74, 6) is 1.31. The lowest BCUT2D eigenvalue weighted by atomic mass is 9.53. The molecule has 3 heteroatoms. The van der Waals surface area contributed by atoms with Crippen LogP contribution in [0.1, 0.15) is 33.6 Å². The van der Waals surface area contributed by atoms with E-state index >= 15 is 0 Å². The van der Waals surface area contributed by atoms with Gasteiger partial charge in [0, 0.05) is 5.92 Å². The van der Waals surface area contributed by atoms with Gasteiger partial charge < -0.3 is 4.74 Å². The Morgan fingerprint density at radius 1 is 1.43 bits per heavy atom. The molecular weight excluding hydrogens is 175 g/mol. The topological polar surface area (TPSA) is 26.3 Å². The van der Waals surface area contributed by atoms with Crippen molar-refractivity contribution in [2.75, 3.05) is 0 Å². The van der Waals surface area contributed by atoms with Gasteiger partial charge in [0.15, 0.2) is 0 Å². The first kappa shape index (κ1) is 11.6. The predicted octanol–water partition coefficient (Wildman–Crippen LogP) is 2.52. The van der Waals surface area contributed by atoms with Crippen LogP contribution in [0.3, 0.4) is 0 Å². The van der Waals surface area contributed by atoms with Gasteiger partial charge in [-0.15, -0.1) is 0 Å². The van der Waals surface area contributed by atoms with Crippen molar-refractivity contribution in [2.24, 2.45) is 11.8 Å². The predicted molar refractivity (Wildman–Crippen MR) is 58.5 cm³/mol. The van der Waals surface area contributed by atoms with Crippen molar-refractivity contribution in [2.45, 2.75) is 52.4 Å². The van der Waals surface area contributed by atoms with E-state index in [9.17, 15) is 4.79 Å². The third kappa shape index (κ3) is 1.69. The number of esters is 1. The van der Waals surface area contributed by atoms with E-state index in [-0.39, 0.29) is 25.4 Å². The maximum absolute atomic E-state index is 11.4. The Kier molecular flexibility index (Phi) is 3.62. The molecule has 1 aliphatic heterocycles. The number of carbonyl (C=O) groups excluding carboxylic acids is 1. The van der Waals surface area contributed by atoms with Gasteiger partial charge in [-0.2, -0.15) is 0 Å². The number of cyclic esters (lactones) is 1. The summed E-state index contributed by atoms with van der Waals surface area (Å²) in [4.78, 5) is 11.4. The van der Waals surface area contributed by atoms with Crippen molar-refractivity contribution < 1.29 is 9.53 Å². The van der Waals surface area contributed by atoms with E-state index in [1.54, 1.807) is 0 Å². The molecule has 0 aromatic heterocycles. The maximum atomic E-state index is 11.4. The molecule has 1 aliphatic carbocycles. The van der Waals surface area contributed by atoms with Crippen LogP contribution in [0, 0.1) is 11.8 Å². The highest BCUT2D eigenvalue weighted by molar-refractivity contribution is 6.35. The van der Waals surface area contributed by atoms with Crippen LogP contribution >= 0.6 is 0 Å². The highest BCUT2D eigenvalue weighted by Crippen LogP contribution is 2.45. The van der Waals surface area contributed by atoms with Crippen LogP contribution in [0.5, 0.6) is 0 Å². The Balaban J connectivity index is 0.000000980. The number of ether oxygens (including phenoxy) is 1. The minimum atomic E-state index is 0. The van der Waals surface area contributed by atoms with Crippen molar-refractivity contribution in [1.29, 1.82) is 0 Å². The second kappa shape index (κ2) is 4.37. The minimum absolute atomic E-state index is 0. The first-order valence-electron chi connectivity index (χ1n) is 5.24. The Labute approximate surface area is 87.6 Å². The third-order valence-electron chi connectivity index (χ3n) is 3.59. The molecule has 1 saturated heterocycles. The highest BCUT2D eigenvalue weighted by Gasteiger charge is 2.47. The molecule has 0 aromatic rings. The molecule has 0 spiro atoms. The monoisotopic (exact) mass is 195 g/mol. The molecule has 79 valence electrons. The highest BCUT2D eigenvalue weighted by atomic mass is 16.6. The zero-order chi connectivity index (χ0) is 9.42.